The van der Waals surface area contributed by atoms with Gasteiger partial charge in [0.1, 0.15) is 5.84 Å². The van der Waals surface area contributed by atoms with Crippen LogP contribution in [0.15, 0.2) is 53.8 Å². The Morgan fingerprint density at radius 2 is 1.55 bits per heavy atom. The fourth-order valence-corrected chi connectivity index (χ4v) is 4.27. The van der Waals surface area contributed by atoms with Gasteiger partial charge in [0.15, 0.2) is 0 Å². The third-order valence-electron chi connectivity index (χ3n) is 5.37. The number of halogens is 2. The molecule has 0 amide bonds. The fourth-order valence-electron chi connectivity index (χ4n) is 3.94. The predicted molar refractivity (Wildman–Crippen MR) is 130 cm³/mol. The van der Waals surface area contributed by atoms with E-state index in [2.05, 4.69) is 38.9 Å². The summed E-state index contributed by atoms with van der Waals surface area (Å²) >= 11 is 12.0. The Hall–Kier alpha value is -2.94. The van der Waals surface area contributed by atoms with Gasteiger partial charge in [-0.3, -0.25) is 14.4 Å². The van der Waals surface area contributed by atoms with Gasteiger partial charge in [-0.2, -0.15) is 0 Å². The summed E-state index contributed by atoms with van der Waals surface area (Å²) in [6, 6.07) is 11.8. The lowest BCUT2D eigenvalue weighted by Crippen LogP contribution is -2.23. The first-order chi connectivity index (χ1) is 15.0. The molecule has 0 saturated carbocycles. The Bertz CT molecular complexity index is 1320. The molecule has 3 heterocycles. The maximum atomic E-state index is 6.85. The molecule has 0 aliphatic carbocycles. The number of hydrogen-bond donors (Lipinski definition) is 1. The van der Waals surface area contributed by atoms with Crippen molar-refractivity contribution >= 4 is 50.8 Å². The number of nitrogens with one attached hydrogen (secondary N) is 1. The van der Waals surface area contributed by atoms with Crippen molar-refractivity contribution in [1.82, 2.24) is 14.5 Å². The van der Waals surface area contributed by atoms with E-state index in [1.54, 1.807) is 0 Å². The highest BCUT2D eigenvalue weighted by Gasteiger charge is 2.10. The largest absolute Gasteiger partial charge is 0.370 e. The molecule has 0 radical (unpaired) electrons. The number of aryl methyl sites for hydroxylation is 2. The van der Waals surface area contributed by atoms with Crippen molar-refractivity contribution < 1.29 is 0 Å². The molecule has 0 unspecified atom stereocenters. The lowest BCUT2D eigenvalue weighted by atomic mass is 10.2. The van der Waals surface area contributed by atoms with E-state index in [4.69, 9.17) is 29.8 Å². The molecule has 158 valence electrons. The minimum Gasteiger partial charge on any atom is -0.370 e. The average molecular weight is 452 g/mol. The van der Waals surface area contributed by atoms with Gasteiger partial charge in [-0.1, -0.05) is 35.3 Å². The topological polar surface area (TPSA) is 38.6 Å². The lowest BCUT2D eigenvalue weighted by Gasteiger charge is -2.06. The molecule has 4 aromatic rings. The Morgan fingerprint density at radius 3 is 2.10 bits per heavy atom. The first-order valence-corrected chi connectivity index (χ1v) is 10.8. The molecule has 0 fully saturated rings. The van der Waals surface area contributed by atoms with E-state index in [0.29, 0.717) is 11.7 Å². The molecule has 5 rings (SSSR count). The maximum Gasteiger partial charge on any atom is 0.293 e. The van der Waals surface area contributed by atoms with E-state index in [1.807, 2.05) is 48.0 Å². The van der Waals surface area contributed by atoms with Crippen molar-refractivity contribution in [3.63, 3.8) is 0 Å². The van der Waals surface area contributed by atoms with Crippen molar-refractivity contribution in [1.29, 1.82) is 0 Å². The SMILES string of the molecule is Cc1cn(CC2=NCCN2)c2cc(Cl)ccc12.[C-]#[N+]Cn1cc(C)c2ccc(Cl)cc21. The van der Waals surface area contributed by atoms with E-state index in [-0.39, 0.29) is 0 Å². The van der Waals surface area contributed by atoms with Gasteiger partial charge in [0, 0.05) is 39.8 Å². The molecule has 5 nitrogen and oxygen atoms in total. The van der Waals surface area contributed by atoms with Gasteiger partial charge < -0.3 is 9.88 Å². The minimum absolute atomic E-state index is 0.352. The summed E-state index contributed by atoms with van der Waals surface area (Å²) in [6.45, 7) is 14.0. The van der Waals surface area contributed by atoms with Crippen LogP contribution in [0.3, 0.4) is 0 Å². The molecule has 2 aromatic carbocycles. The number of hydrogen-bond acceptors (Lipinski definition) is 2. The van der Waals surface area contributed by atoms with E-state index >= 15 is 0 Å². The average Bonchev–Trinajstić information content (AvgIpc) is 3.43. The monoisotopic (exact) mass is 451 g/mol. The zero-order chi connectivity index (χ0) is 22.0. The first kappa shape index (κ1) is 21.3. The summed E-state index contributed by atoms with van der Waals surface area (Å²) in [4.78, 5) is 7.79. The van der Waals surface area contributed by atoms with Gasteiger partial charge in [0.05, 0.1) is 24.1 Å². The van der Waals surface area contributed by atoms with Crippen LogP contribution in [0, 0.1) is 20.4 Å². The molecule has 1 aliphatic rings. The third-order valence-corrected chi connectivity index (χ3v) is 5.84. The molecule has 0 spiro atoms. The fraction of sp³-hybridized carbons (Fsp3) is 0.250. The van der Waals surface area contributed by atoms with Gasteiger partial charge in [0.2, 0.25) is 0 Å². The van der Waals surface area contributed by atoms with Crippen LogP contribution in [0.25, 0.3) is 26.7 Å². The van der Waals surface area contributed by atoms with Crippen LogP contribution < -0.4 is 5.32 Å². The van der Waals surface area contributed by atoms with E-state index in [0.717, 1.165) is 41.4 Å². The molecule has 7 heteroatoms. The molecule has 1 N–H and O–H groups in total. The van der Waals surface area contributed by atoms with Crippen LogP contribution in [0.4, 0.5) is 0 Å². The van der Waals surface area contributed by atoms with Crippen LogP contribution in [0.5, 0.6) is 0 Å². The highest BCUT2D eigenvalue weighted by molar-refractivity contribution is 6.31. The summed E-state index contributed by atoms with van der Waals surface area (Å²) in [5, 5.41) is 7.20. The molecule has 0 saturated heterocycles. The van der Waals surface area contributed by atoms with Crippen molar-refractivity contribution in [3.8, 4) is 0 Å². The molecular formula is C24H23Cl2N5. The smallest absolute Gasteiger partial charge is 0.293 e. The molecule has 0 atom stereocenters. The number of aliphatic imine (C=N–C) groups is 1. The quantitative estimate of drug-likeness (QED) is 0.376. The summed E-state index contributed by atoms with van der Waals surface area (Å²) in [5.74, 6) is 1.06. The van der Waals surface area contributed by atoms with E-state index in [9.17, 15) is 0 Å². The molecule has 2 aromatic heterocycles. The van der Waals surface area contributed by atoms with Crippen LogP contribution in [0.2, 0.25) is 10.0 Å². The second-order valence-corrected chi connectivity index (χ2v) is 8.47. The van der Waals surface area contributed by atoms with Crippen molar-refractivity contribution in [3.05, 3.63) is 81.4 Å². The minimum atomic E-state index is 0.352. The number of aromatic nitrogens is 2. The Labute approximate surface area is 191 Å². The van der Waals surface area contributed by atoms with Gasteiger partial charge in [0.25, 0.3) is 6.67 Å². The molecule has 0 bridgehead atoms. The summed E-state index contributed by atoms with van der Waals surface area (Å²) in [5.41, 5.74) is 4.66. The summed E-state index contributed by atoms with van der Waals surface area (Å²) < 4.78 is 4.12. The van der Waals surface area contributed by atoms with E-state index in [1.165, 1.54) is 22.0 Å². The number of nitrogens with zero attached hydrogens (tertiary/aromatic N) is 4. The van der Waals surface area contributed by atoms with Crippen LogP contribution in [0.1, 0.15) is 11.1 Å². The van der Waals surface area contributed by atoms with Crippen molar-refractivity contribution in [2.24, 2.45) is 4.99 Å². The predicted octanol–water partition coefficient (Wildman–Crippen LogP) is 6.08. The Kier molecular flexibility index (Phi) is 6.22. The first-order valence-electron chi connectivity index (χ1n) is 10.1. The van der Waals surface area contributed by atoms with Crippen LogP contribution in [-0.4, -0.2) is 28.1 Å². The number of amidine groups is 1. The number of benzene rings is 2. The van der Waals surface area contributed by atoms with Crippen molar-refractivity contribution in [2.45, 2.75) is 27.1 Å². The number of rotatable bonds is 3. The van der Waals surface area contributed by atoms with Gasteiger partial charge in [-0.25, -0.2) is 6.57 Å². The van der Waals surface area contributed by atoms with E-state index < -0.39 is 0 Å². The third kappa shape index (κ3) is 4.56. The highest BCUT2D eigenvalue weighted by atomic mass is 35.5. The molecule has 31 heavy (non-hydrogen) atoms. The van der Waals surface area contributed by atoms with Gasteiger partial charge in [-0.15, -0.1) is 0 Å². The number of fused-ring (bicyclic) bond motifs is 2. The van der Waals surface area contributed by atoms with Crippen LogP contribution >= 0.6 is 23.2 Å². The second-order valence-electron chi connectivity index (χ2n) is 7.60. The Balaban J connectivity index is 0.000000152. The normalized spacial score (nSPS) is 12.9. The van der Waals surface area contributed by atoms with Crippen LogP contribution in [-0.2, 0) is 13.2 Å². The molecular weight excluding hydrogens is 429 g/mol. The summed E-state index contributed by atoms with van der Waals surface area (Å²) in [6.07, 6.45) is 4.14. The molecule has 1 aliphatic heterocycles. The van der Waals surface area contributed by atoms with Crippen molar-refractivity contribution in [2.75, 3.05) is 13.1 Å². The zero-order valence-corrected chi connectivity index (χ0v) is 19.0. The standard InChI is InChI=1S/C13H14ClN3.C11H9ClN2/c1-9-7-17(8-13-15-4-5-16-13)12-6-10(14)2-3-11(9)12;1-8-6-14(7-13-2)11-5-9(12)3-4-10(8)11/h2-3,6-7H,4-5,8H2,1H3,(H,15,16);3-6H,7H2,1H3. The highest BCUT2D eigenvalue weighted by Crippen LogP contribution is 2.25. The van der Waals surface area contributed by atoms with Gasteiger partial charge >= 0.3 is 0 Å². The second kappa shape index (κ2) is 9.05. The summed E-state index contributed by atoms with van der Waals surface area (Å²) in [7, 11) is 0. The maximum absolute atomic E-state index is 6.85. The zero-order valence-electron chi connectivity index (χ0n) is 17.5. The van der Waals surface area contributed by atoms with Gasteiger partial charge in [-0.05, 0) is 49.2 Å². The lowest BCUT2D eigenvalue weighted by molar-refractivity contribution is 0.856. The Morgan fingerprint density at radius 1 is 0.968 bits per heavy atom.